The van der Waals surface area contributed by atoms with E-state index in [0.717, 1.165) is 19.3 Å². The summed E-state index contributed by atoms with van der Waals surface area (Å²) in [4.78, 5) is 22.7. The number of allylic oxidation sites excluding steroid dienone is 2. The average Bonchev–Trinajstić information content (AvgIpc) is 2.86. The van der Waals surface area contributed by atoms with Crippen molar-refractivity contribution < 1.29 is 14.7 Å². The summed E-state index contributed by atoms with van der Waals surface area (Å²) in [5, 5.41) is 12.3. The fraction of sp³-hybridized carbons (Fsp3) is 0.818. The molecule has 2 amide bonds. The van der Waals surface area contributed by atoms with Crippen molar-refractivity contribution >= 4 is 11.8 Å². The van der Waals surface area contributed by atoms with Crippen molar-refractivity contribution in [2.75, 3.05) is 0 Å². The summed E-state index contributed by atoms with van der Waals surface area (Å²) in [6.07, 6.45) is 22.2. The third-order valence-corrected chi connectivity index (χ3v) is 5.23. The number of unbranched alkanes of at least 4 members (excludes halogenated alkanes) is 12. The van der Waals surface area contributed by atoms with Gasteiger partial charge in [0, 0.05) is 0 Å². The van der Waals surface area contributed by atoms with E-state index in [1.165, 1.54) is 70.6 Å². The van der Waals surface area contributed by atoms with E-state index in [1.807, 2.05) is 0 Å². The highest BCUT2D eigenvalue weighted by atomic mass is 16.3. The standard InChI is InChI=1S/C22H39NO3/c1-2-3-4-5-6-7-8-9-10-11-12-13-14-15-16-17-18-22(26)19-20(24)23-21(22)25/h9-10,26H,2-8,11-19H2,1H3,(H,23,24,25)/b10-9-. The maximum absolute atomic E-state index is 11.5. The molecule has 0 aromatic heterocycles. The lowest BCUT2D eigenvalue weighted by molar-refractivity contribution is -0.135. The van der Waals surface area contributed by atoms with Crippen LogP contribution in [0.3, 0.4) is 0 Å². The number of nitrogens with one attached hydrogen (secondary N) is 1. The molecule has 2 N–H and O–H groups in total. The molecule has 1 rings (SSSR count). The summed E-state index contributed by atoms with van der Waals surface area (Å²) >= 11 is 0. The monoisotopic (exact) mass is 365 g/mol. The lowest BCUT2D eigenvalue weighted by atomic mass is 9.94. The molecule has 0 bridgehead atoms. The van der Waals surface area contributed by atoms with Gasteiger partial charge in [-0.25, -0.2) is 0 Å². The van der Waals surface area contributed by atoms with Gasteiger partial charge >= 0.3 is 0 Å². The van der Waals surface area contributed by atoms with Crippen LogP contribution in [0, 0.1) is 0 Å². The zero-order chi connectivity index (χ0) is 19.1. The van der Waals surface area contributed by atoms with Crippen molar-refractivity contribution in [2.45, 2.75) is 115 Å². The Balaban J connectivity index is 1.84. The second-order valence-electron chi connectivity index (χ2n) is 7.77. The number of amides is 2. The zero-order valence-electron chi connectivity index (χ0n) is 16.7. The van der Waals surface area contributed by atoms with Gasteiger partial charge in [-0.1, -0.05) is 83.3 Å². The van der Waals surface area contributed by atoms with Crippen LogP contribution in [0.1, 0.15) is 110 Å². The van der Waals surface area contributed by atoms with Crippen LogP contribution in [-0.2, 0) is 9.59 Å². The average molecular weight is 366 g/mol. The lowest BCUT2D eigenvalue weighted by Gasteiger charge is -2.17. The largest absolute Gasteiger partial charge is 0.379 e. The zero-order valence-corrected chi connectivity index (χ0v) is 16.7. The molecule has 4 nitrogen and oxygen atoms in total. The van der Waals surface area contributed by atoms with Gasteiger partial charge < -0.3 is 5.11 Å². The van der Waals surface area contributed by atoms with Crippen LogP contribution in [-0.4, -0.2) is 22.5 Å². The Kier molecular flexibility index (Phi) is 12.3. The molecule has 26 heavy (non-hydrogen) atoms. The van der Waals surface area contributed by atoms with Crippen molar-refractivity contribution in [3.8, 4) is 0 Å². The molecular formula is C22H39NO3. The van der Waals surface area contributed by atoms with Crippen molar-refractivity contribution in [1.82, 2.24) is 5.32 Å². The molecule has 0 aromatic carbocycles. The van der Waals surface area contributed by atoms with E-state index in [2.05, 4.69) is 24.4 Å². The minimum atomic E-state index is -1.45. The normalized spacial score (nSPS) is 20.2. The molecule has 0 aromatic rings. The van der Waals surface area contributed by atoms with E-state index in [9.17, 15) is 14.7 Å². The van der Waals surface area contributed by atoms with E-state index in [0.29, 0.717) is 6.42 Å². The van der Waals surface area contributed by atoms with Crippen LogP contribution in [0.15, 0.2) is 12.2 Å². The Bertz CT molecular complexity index is 433. The molecule has 0 spiro atoms. The molecule has 1 saturated heterocycles. The number of carbonyl (C=O) groups is 2. The number of rotatable bonds is 16. The summed E-state index contributed by atoms with van der Waals surface area (Å²) in [5.74, 6) is -0.878. The van der Waals surface area contributed by atoms with Crippen LogP contribution >= 0.6 is 0 Å². The highest BCUT2D eigenvalue weighted by molar-refractivity contribution is 6.07. The minimum Gasteiger partial charge on any atom is -0.379 e. The highest BCUT2D eigenvalue weighted by Crippen LogP contribution is 2.24. The fourth-order valence-electron chi connectivity index (χ4n) is 3.50. The van der Waals surface area contributed by atoms with Gasteiger partial charge in [-0.15, -0.1) is 0 Å². The predicted molar refractivity (Wildman–Crippen MR) is 107 cm³/mol. The van der Waals surface area contributed by atoms with Gasteiger partial charge in [-0.3, -0.25) is 14.9 Å². The van der Waals surface area contributed by atoms with Crippen molar-refractivity contribution in [3.05, 3.63) is 12.2 Å². The summed E-state index contributed by atoms with van der Waals surface area (Å²) in [7, 11) is 0. The Morgan fingerprint density at radius 2 is 1.35 bits per heavy atom. The number of carbonyl (C=O) groups excluding carboxylic acids is 2. The van der Waals surface area contributed by atoms with E-state index in [4.69, 9.17) is 0 Å². The number of hydrogen-bond donors (Lipinski definition) is 2. The maximum Gasteiger partial charge on any atom is 0.259 e. The van der Waals surface area contributed by atoms with E-state index in [1.54, 1.807) is 0 Å². The first-order valence-corrected chi connectivity index (χ1v) is 10.8. The van der Waals surface area contributed by atoms with Gasteiger partial charge in [0.25, 0.3) is 5.91 Å². The highest BCUT2D eigenvalue weighted by Gasteiger charge is 2.44. The predicted octanol–water partition coefficient (Wildman–Crippen LogP) is 5.19. The third kappa shape index (κ3) is 10.1. The molecule has 1 heterocycles. The summed E-state index contributed by atoms with van der Waals surface area (Å²) in [6.45, 7) is 2.26. The Morgan fingerprint density at radius 1 is 0.846 bits per heavy atom. The summed E-state index contributed by atoms with van der Waals surface area (Å²) in [6, 6.07) is 0. The molecule has 0 radical (unpaired) electrons. The van der Waals surface area contributed by atoms with E-state index in [-0.39, 0.29) is 12.3 Å². The van der Waals surface area contributed by atoms with Crippen molar-refractivity contribution in [3.63, 3.8) is 0 Å². The first kappa shape index (κ1) is 22.9. The second kappa shape index (κ2) is 14.0. The molecule has 0 saturated carbocycles. The Morgan fingerprint density at radius 3 is 1.85 bits per heavy atom. The van der Waals surface area contributed by atoms with Gasteiger partial charge in [0.05, 0.1) is 6.42 Å². The topological polar surface area (TPSA) is 66.4 Å². The summed E-state index contributed by atoms with van der Waals surface area (Å²) < 4.78 is 0. The van der Waals surface area contributed by atoms with E-state index >= 15 is 0 Å². The Labute approximate surface area is 159 Å². The molecular weight excluding hydrogens is 326 g/mol. The first-order valence-electron chi connectivity index (χ1n) is 10.8. The minimum absolute atomic E-state index is 0.0725. The molecule has 1 aliphatic rings. The number of hydrogen-bond acceptors (Lipinski definition) is 3. The van der Waals surface area contributed by atoms with E-state index < -0.39 is 11.5 Å². The third-order valence-electron chi connectivity index (χ3n) is 5.23. The SMILES string of the molecule is CCCCCCCC/C=C\CCCCCCCCC1(O)CC(=O)NC1=O. The molecule has 1 atom stereocenters. The van der Waals surface area contributed by atoms with Gasteiger partial charge in [0.1, 0.15) is 0 Å². The van der Waals surface area contributed by atoms with Gasteiger partial charge in [0.2, 0.25) is 5.91 Å². The van der Waals surface area contributed by atoms with Crippen LogP contribution in [0.25, 0.3) is 0 Å². The molecule has 1 fully saturated rings. The maximum atomic E-state index is 11.5. The van der Waals surface area contributed by atoms with Crippen molar-refractivity contribution in [2.24, 2.45) is 0 Å². The molecule has 4 heteroatoms. The Hall–Kier alpha value is -1.16. The molecule has 0 aliphatic carbocycles. The van der Waals surface area contributed by atoms with Crippen LogP contribution in [0.2, 0.25) is 0 Å². The lowest BCUT2D eigenvalue weighted by Crippen LogP contribution is -2.37. The van der Waals surface area contributed by atoms with Crippen LogP contribution in [0.5, 0.6) is 0 Å². The number of aliphatic hydroxyl groups is 1. The quantitative estimate of drug-likeness (QED) is 0.225. The van der Waals surface area contributed by atoms with Crippen molar-refractivity contribution in [1.29, 1.82) is 0 Å². The van der Waals surface area contributed by atoms with Gasteiger partial charge in [-0.2, -0.15) is 0 Å². The molecule has 1 unspecified atom stereocenters. The van der Waals surface area contributed by atoms with Gasteiger partial charge in [-0.05, 0) is 32.1 Å². The fourth-order valence-corrected chi connectivity index (χ4v) is 3.50. The number of imide groups is 1. The molecule has 1 aliphatic heterocycles. The second-order valence-corrected chi connectivity index (χ2v) is 7.77. The van der Waals surface area contributed by atoms with Gasteiger partial charge in [0.15, 0.2) is 5.60 Å². The first-order chi connectivity index (χ1) is 12.6. The van der Waals surface area contributed by atoms with Crippen LogP contribution < -0.4 is 5.32 Å². The smallest absolute Gasteiger partial charge is 0.259 e. The molecule has 150 valence electrons. The summed E-state index contributed by atoms with van der Waals surface area (Å²) in [5.41, 5.74) is -1.45. The van der Waals surface area contributed by atoms with Crippen LogP contribution in [0.4, 0.5) is 0 Å².